The van der Waals surface area contributed by atoms with Crippen LogP contribution in [0.3, 0.4) is 0 Å². The van der Waals surface area contributed by atoms with Crippen molar-refractivity contribution in [2.45, 2.75) is 50.2 Å². The van der Waals surface area contributed by atoms with E-state index in [0.717, 1.165) is 10.7 Å². The molecule has 0 spiro atoms. The second kappa shape index (κ2) is 7.50. The lowest BCUT2D eigenvalue weighted by molar-refractivity contribution is 0.883. The molecular formula is C14H20Br2. The standard InChI is InChI=1S/C14H20Br2/c1-3-5-11-7-8-12(6-4-2)14(10-16)13(11)9-15/h7-8H,3-6,9-10H2,1-2H3. The van der Waals surface area contributed by atoms with E-state index in [1.165, 1.54) is 47.9 Å². The highest BCUT2D eigenvalue weighted by molar-refractivity contribution is 9.09. The third kappa shape index (κ3) is 3.33. The van der Waals surface area contributed by atoms with Crippen LogP contribution in [0.4, 0.5) is 0 Å². The molecule has 0 fully saturated rings. The Labute approximate surface area is 116 Å². The highest BCUT2D eigenvalue weighted by Crippen LogP contribution is 2.26. The predicted octanol–water partition coefficient (Wildman–Crippen LogP) is 5.38. The molecule has 0 aliphatic heterocycles. The van der Waals surface area contributed by atoms with Gasteiger partial charge in [0.25, 0.3) is 0 Å². The van der Waals surface area contributed by atoms with Crippen LogP contribution in [0, 0.1) is 0 Å². The summed E-state index contributed by atoms with van der Waals surface area (Å²) in [6.45, 7) is 4.48. The fourth-order valence-corrected chi connectivity index (χ4v) is 3.53. The summed E-state index contributed by atoms with van der Waals surface area (Å²) in [5.41, 5.74) is 6.02. The van der Waals surface area contributed by atoms with Gasteiger partial charge in [0.05, 0.1) is 0 Å². The SMILES string of the molecule is CCCc1ccc(CCC)c(CBr)c1CBr. The van der Waals surface area contributed by atoms with E-state index in [1.54, 1.807) is 0 Å². The van der Waals surface area contributed by atoms with Gasteiger partial charge in [0.1, 0.15) is 0 Å². The van der Waals surface area contributed by atoms with Crippen LogP contribution in [0.2, 0.25) is 0 Å². The maximum absolute atomic E-state index is 3.63. The molecule has 0 bridgehead atoms. The first-order valence-corrected chi connectivity index (χ1v) is 8.27. The minimum absolute atomic E-state index is 0.973. The first kappa shape index (κ1) is 14.2. The Kier molecular flexibility index (Phi) is 6.67. The Hall–Kier alpha value is 0.180. The number of rotatable bonds is 6. The van der Waals surface area contributed by atoms with E-state index in [0.29, 0.717) is 0 Å². The van der Waals surface area contributed by atoms with Gasteiger partial charge < -0.3 is 0 Å². The van der Waals surface area contributed by atoms with Crippen molar-refractivity contribution in [1.29, 1.82) is 0 Å². The van der Waals surface area contributed by atoms with Crippen molar-refractivity contribution >= 4 is 31.9 Å². The first-order valence-electron chi connectivity index (χ1n) is 6.02. The summed E-state index contributed by atoms with van der Waals surface area (Å²) < 4.78 is 0. The van der Waals surface area contributed by atoms with Gasteiger partial charge in [-0.25, -0.2) is 0 Å². The molecule has 0 nitrogen and oxygen atoms in total. The Morgan fingerprint density at radius 1 is 0.812 bits per heavy atom. The average Bonchev–Trinajstić information content (AvgIpc) is 2.31. The van der Waals surface area contributed by atoms with Crippen LogP contribution >= 0.6 is 31.9 Å². The van der Waals surface area contributed by atoms with Crippen molar-refractivity contribution < 1.29 is 0 Å². The fraction of sp³-hybridized carbons (Fsp3) is 0.571. The van der Waals surface area contributed by atoms with Crippen molar-refractivity contribution in [3.8, 4) is 0 Å². The Morgan fingerprint density at radius 2 is 1.19 bits per heavy atom. The van der Waals surface area contributed by atoms with E-state index in [2.05, 4.69) is 57.8 Å². The Morgan fingerprint density at radius 3 is 1.44 bits per heavy atom. The molecule has 0 heterocycles. The molecule has 0 aliphatic carbocycles. The highest BCUT2D eigenvalue weighted by atomic mass is 79.9. The number of hydrogen-bond donors (Lipinski definition) is 0. The zero-order valence-corrected chi connectivity index (χ0v) is 13.3. The maximum atomic E-state index is 3.63. The van der Waals surface area contributed by atoms with Crippen molar-refractivity contribution in [2.24, 2.45) is 0 Å². The van der Waals surface area contributed by atoms with Crippen LogP contribution in [-0.2, 0) is 23.5 Å². The summed E-state index contributed by atoms with van der Waals surface area (Å²) in [5, 5.41) is 1.95. The molecule has 90 valence electrons. The summed E-state index contributed by atoms with van der Waals surface area (Å²) in [4.78, 5) is 0. The van der Waals surface area contributed by atoms with Crippen LogP contribution < -0.4 is 0 Å². The highest BCUT2D eigenvalue weighted by Gasteiger charge is 2.10. The summed E-state index contributed by atoms with van der Waals surface area (Å²) in [7, 11) is 0. The lowest BCUT2D eigenvalue weighted by Gasteiger charge is -2.15. The van der Waals surface area contributed by atoms with Crippen molar-refractivity contribution in [3.63, 3.8) is 0 Å². The van der Waals surface area contributed by atoms with Crippen molar-refractivity contribution in [1.82, 2.24) is 0 Å². The minimum Gasteiger partial charge on any atom is -0.0876 e. The molecule has 0 saturated carbocycles. The zero-order chi connectivity index (χ0) is 12.0. The second-order valence-corrected chi connectivity index (χ2v) is 5.23. The second-order valence-electron chi connectivity index (χ2n) is 4.11. The summed E-state index contributed by atoms with van der Waals surface area (Å²) in [6, 6.07) is 4.63. The third-order valence-electron chi connectivity index (χ3n) is 2.93. The molecule has 0 amide bonds. The molecule has 0 atom stereocenters. The van der Waals surface area contributed by atoms with Gasteiger partial charge in [-0.3, -0.25) is 0 Å². The molecule has 0 aromatic heterocycles. The molecular weight excluding hydrogens is 328 g/mol. The van der Waals surface area contributed by atoms with E-state index in [-0.39, 0.29) is 0 Å². The third-order valence-corrected chi connectivity index (χ3v) is 4.05. The van der Waals surface area contributed by atoms with E-state index in [1.807, 2.05) is 0 Å². The summed E-state index contributed by atoms with van der Waals surface area (Å²) in [5.74, 6) is 0. The van der Waals surface area contributed by atoms with Crippen LogP contribution in [0.15, 0.2) is 12.1 Å². The normalized spacial score (nSPS) is 10.8. The largest absolute Gasteiger partial charge is 0.0876 e. The molecule has 1 aromatic rings. The van der Waals surface area contributed by atoms with Gasteiger partial charge in [0.2, 0.25) is 0 Å². The Balaban J connectivity index is 3.16. The maximum Gasteiger partial charge on any atom is 0.0288 e. The molecule has 0 saturated heterocycles. The minimum atomic E-state index is 0.973. The molecule has 16 heavy (non-hydrogen) atoms. The van der Waals surface area contributed by atoms with Gasteiger partial charge in [0, 0.05) is 10.7 Å². The zero-order valence-electron chi connectivity index (χ0n) is 10.2. The Bertz CT molecular complexity index is 299. The number of halogens is 2. The number of benzene rings is 1. The molecule has 0 N–H and O–H groups in total. The lowest BCUT2D eigenvalue weighted by Crippen LogP contribution is -2.01. The van der Waals surface area contributed by atoms with Crippen LogP contribution in [0.1, 0.15) is 48.9 Å². The van der Waals surface area contributed by atoms with Crippen LogP contribution in [-0.4, -0.2) is 0 Å². The first-order chi connectivity index (χ1) is 7.78. The van der Waals surface area contributed by atoms with Gasteiger partial charge in [-0.05, 0) is 35.1 Å². The molecule has 0 aliphatic rings. The monoisotopic (exact) mass is 346 g/mol. The fourth-order valence-electron chi connectivity index (χ4n) is 2.13. The van der Waals surface area contributed by atoms with Gasteiger partial charge in [-0.2, -0.15) is 0 Å². The summed E-state index contributed by atoms with van der Waals surface area (Å²) in [6.07, 6.45) is 4.81. The van der Waals surface area contributed by atoms with E-state index in [4.69, 9.17) is 0 Å². The number of hydrogen-bond acceptors (Lipinski definition) is 0. The van der Waals surface area contributed by atoms with E-state index in [9.17, 15) is 0 Å². The van der Waals surface area contributed by atoms with Crippen LogP contribution in [0.25, 0.3) is 0 Å². The topological polar surface area (TPSA) is 0 Å². The smallest absolute Gasteiger partial charge is 0.0288 e. The van der Waals surface area contributed by atoms with Crippen LogP contribution in [0.5, 0.6) is 0 Å². The molecule has 0 unspecified atom stereocenters. The summed E-state index contributed by atoms with van der Waals surface area (Å²) >= 11 is 7.27. The van der Waals surface area contributed by atoms with E-state index >= 15 is 0 Å². The molecule has 2 heteroatoms. The number of aryl methyl sites for hydroxylation is 2. The predicted molar refractivity (Wildman–Crippen MR) is 79.7 cm³/mol. The molecule has 1 rings (SSSR count). The molecule has 0 radical (unpaired) electrons. The van der Waals surface area contributed by atoms with Gasteiger partial charge in [0.15, 0.2) is 0 Å². The van der Waals surface area contributed by atoms with Gasteiger partial charge >= 0.3 is 0 Å². The lowest BCUT2D eigenvalue weighted by atomic mass is 9.94. The average molecular weight is 348 g/mol. The van der Waals surface area contributed by atoms with E-state index < -0.39 is 0 Å². The van der Waals surface area contributed by atoms with Gasteiger partial charge in [-0.15, -0.1) is 0 Å². The van der Waals surface area contributed by atoms with Crippen molar-refractivity contribution in [2.75, 3.05) is 0 Å². The van der Waals surface area contributed by atoms with Crippen molar-refractivity contribution in [3.05, 3.63) is 34.4 Å². The quantitative estimate of drug-likeness (QED) is 0.606. The van der Waals surface area contributed by atoms with Gasteiger partial charge in [-0.1, -0.05) is 70.7 Å². The molecule has 1 aromatic carbocycles. The number of alkyl halides is 2.